The fourth-order valence-corrected chi connectivity index (χ4v) is 2.04. The Morgan fingerprint density at radius 2 is 2.16 bits per heavy atom. The molecule has 1 unspecified atom stereocenters. The number of carbonyl (C=O) groups is 3. The third kappa shape index (κ3) is 2.69. The van der Waals surface area contributed by atoms with E-state index >= 15 is 0 Å². The van der Waals surface area contributed by atoms with Crippen LogP contribution < -0.4 is 5.32 Å². The van der Waals surface area contributed by atoms with Crippen molar-refractivity contribution in [1.29, 1.82) is 0 Å². The highest BCUT2D eigenvalue weighted by atomic mass is 35.5. The lowest BCUT2D eigenvalue weighted by Gasteiger charge is -2.31. The van der Waals surface area contributed by atoms with Crippen LogP contribution >= 0.6 is 23.2 Å². The standard InChI is InChI=1S/C11H9Cl2N3O3/c1-5-10(18)15-9(17)4-16(5)11(19)6-2-8(13)14-3-7(6)12/h2-3,5H,4H2,1H3,(H,15,17,18). The van der Waals surface area contributed by atoms with Crippen LogP contribution in [0.4, 0.5) is 0 Å². The summed E-state index contributed by atoms with van der Waals surface area (Å²) in [4.78, 5) is 40.0. The average molecular weight is 302 g/mol. The highest BCUT2D eigenvalue weighted by Gasteiger charge is 2.34. The monoisotopic (exact) mass is 301 g/mol. The number of aromatic nitrogens is 1. The number of hydrogen-bond acceptors (Lipinski definition) is 4. The molecule has 0 spiro atoms. The van der Waals surface area contributed by atoms with Gasteiger partial charge in [0, 0.05) is 6.20 Å². The van der Waals surface area contributed by atoms with E-state index < -0.39 is 23.8 Å². The minimum atomic E-state index is -0.756. The van der Waals surface area contributed by atoms with Gasteiger partial charge in [-0.3, -0.25) is 19.7 Å². The first kappa shape index (κ1) is 13.8. The molecule has 1 aromatic heterocycles. The van der Waals surface area contributed by atoms with E-state index in [1.54, 1.807) is 0 Å². The maximum atomic E-state index is 12.3. The molecule has 3 amide bonds. The van der Waals surface area contributed by atoms with Crippen molar-refractivity contribution in [3.8, 4) is 0 Å². The lowest BCUT2D eigenvalue weighted by Crippen LogP contribution is -2.58. The summed E-state index contributed by atoms with van der Waals surface area (Å²) in [7, 11) is 0. The molecule has 0 saturated carbocycles. The van der Waals surface area contributed by atoms with Gasteiger partial charge in [0.1, 0.15) is 17.7 Å². The van der Waals surface area contributed by atoms with Crippen molar-refractivity contribution in [2.24, 2.45) is 0 Å². The Morgan fingerprint density at radius 3 is 2.84 bits per heavy atom. The molecule has 19 heavy (non-hydrogen) atoms. The van der Waals surface area contributed by atoms with E-state index in [4.69, 9.17) is 23.2 Å². The molecule has 1 aromatic rings. The van der Waals surface area contributed by atoms with Gasteiger partial charge in [-0.15, -0.1) is 0 Å². The molecule has 1 N–H and O–H groups in total. The van der Waals surface area contributed by atoms with E-state index in [9.17, 15) is 14.4 Å². The highest BCUT2D eigenvalue weighted by molar-refractivity contribution is 6.35. The van der Waals surface area contributed by atoms with Gasteiger partial charge in [0.05, 0.1) is 10.6 Å². The molecule has 1 saturated heterocycles. The second kappa shape index (κ2) is 5.14. The lowest BCUT2D eigenvalue weighted by molar-refractivity contribution is -0.138. The smallest absolute Gasteiger partial charge is 0.256 e. The van der Waals surface area contributed by atoms with Crippen molar-refractivity contribution in [1.82, 2.24) is 15.2 Å². The molecule has 1 fully saturated rings. The number of halogens is 2. The number of pyridine rings is 1. The van der Waals surface area contributed by atoms with Crippen LogP contribution in [0.2, 0.25) is 10.2 Å². The van der Waals surface area contributed by atoms with Gasteiger partial charge in [-0.25, -0.2) is 4.98 Å². The molecule has 100 valence electrons. The van der Waals surface area contributed by atoms with E-state index in [0.717, 1.165) is 4.90 Å². The van der Waals surface area contributed by atoms with Crippen molar-refractivity contribution >= 4 is 40.9 Å². The molecule has 1 aliphatic rings. The van der Waals surface area contributed by atoms with Crippen LogP contribution in [0.15, 0.2) is 12.3 Å². The Hall–Kier alpha value is -1.66. The lowest BCUT2D eigenvalue weighted by atomic mass is 10.1. The van der Waals surface area contributed by atoms with Crippen LogP contribution in [0.3, 0.4) is 0 Å². The summed E-state index contributed by atoms with van der Waals surface area (Å²) in [5.74, 6) is -1.60. The average Bonchev–Trinajstić information content (AvgIpc) is 2.36. The highest BCUT2D eigenvalue weighted by Crippen LogP contribution is 2.21. The van der Waals surface area contributed by atoms with E-state index in [0.29, 0.717) is 0 Å². The maximum Gasteiger partial charge on any atom is 0.256 e. The molecule has 0 aliphatic carbocycles. The Kier molecular flexibility index (Phi) is 3.73. The Labute approximate surface area is 118 Å². The minimum Gasteiger partial charge on any atom is -0.318 e. The summed E-state index contributed by atoms with van der Waals surface area (Å²) in [5.41, 5.74) is 0.107. The third-order valence-corrected chi connectivity index (χ3v) is 3.24. The zero-order chi connectivity index (χ0) is 14.2. The van der Waals surface area contributed by atoms with Crippen LogP contribution in [0.1, 0.15) is 17.3 Å². The summed E-state index contributed by atoms with van der Waals surface area (Å²) >= 11 is 11.6. The summed E-state index contributed by atoms with van der Waals surface area (Å²) in [6.07, 6.45) is 1.24. The Morgan fingerprint density at radius 1 is 1.47 bits per heavy atom. The Bertz CT molecular complexity index is 576. The van der Waals surface area contributed by atoms with Gasteiger partial charge in [-0.1, -0.05) is 23.2 Å². The van der Waals surface area contributed by atoms with Crippen molar-refractivity contribution in [2.45, 2.75) is 13.0 Å². The number of carbonyl (C=O) groups excluding carboxylic acids is 3. The first-order chi connectivity index (χ1) is 8.90. The third-order valence-electron chi connectivity index (χ3n) is 2.74. The quantitative estimate of drug-likeness (QED) is 0.617. The van der Waals surface area contributed by atoms with Crippen LogP contribution in [-0.4, -0.2) is 40.2 Å². The largest absolute Gasteiger partial charge is 0.318 e. The fourth-order valence-electron chi connectivity index (χ4n) is 1.69. The number of nitrogens with one attached hydrogen (secondary N) is 1. The van der Waals surface area contributed by atoms with Crippen molar-refractivity contribution in [3.63, 3.8) is 0 Å². The molecule has 2 rings (SSSR count). The predicted octanol–water partition coefficient (Wildman–Crippen LogP) is 0.875. The molecule has 0 bridgehead atoms. The Balaban J connectivity index is 2.35. The molecule has 8 heteroatoms. The molecular formula is C11H9Cl2N3O3. The van der Waals surface area contributed by atoms with Gasteiger partial charge in [0.25, 0.3) is 5.91 Å². The van der Waals surface area contributed by atoms with Gasteiger partial charge in [0.2, 0.25) is 11.8 Å². The normalized spacial score (nSPS) is 19.3. The van der Waals surface area contributed by atoms with Gasteiger partial charge in [-0.2, -0.15) is 0 Å². The number of piperazine rings is 1. The summed E-state index contributed by atoms with van der Waals surface area (Å²) in [6, 6.07) is 0.545. The van der Waals surface area contributed by atoms with Crippen molar-refractivity contribution < 1.29 is 14.4 Å². The summed E-state index contributed by atoms with van der Waals surface area (Å²) in [6.45, 7) is 1.32. The SMILES string of the molecule is CC1C(=O)NC(=O)CN1C(=O)c1cc(Cl)ncc1Cl. The maximum absolute atomic E-state index is 12.3. The molecule has 2 heterocycles. The zero-order valence-corrected chi connectivity index (χ0v) is 11.3. The predicted molar refractivity (Wildman–Crippen MR) is 67.9 cm³/mol. The first-order valence-electron chi connectivity index (χ1n) is 5.36. The van der Waals surface area contributed by atoms with Gasteiger partial charge < -0.3 is 4.90 Å². The van der Waals surface area contributed by atoms with Crippen LogP contribution in [0, 0.1) is 0 Å². The van der Waals surface area contributed by atoms with Gasteiger partial charge in [0.15, 0.2) is 0 Å². The van der Waals surface area contributed by atoms with Gasteiger partial charge >= 0.3 is 0 Å². The molecule has 1 atom stereocenters. The van der Waals surface area contributed by atoms with Crippen molar-refractivity contribution in [3.05, 3.63) is 28.0 Å². The van der Waals surface area contributed by atoms with Crippen LogP contribution in [-0.2, 0) is 9.59 Å². The van der Waals surface area contributed by atoms with E-state index in [1.165, 1.54) is 19.2 Å². The van der Waals surface area contributed by atoms with Crippen molar-refractivity contribution in [2.75, 3.05) is 6.54 Å². The number of hydrogen-bond donors (Lipinski definition) is 1. The van der Waals surface area contributed by atoms with Crippen LogP contribution in [0.25, 0.3) is 0 Å². The minimum absolute atomic E-state index is 0.105. The second-order valence-corrected chi connectivity index (χ2v) is 4.80. The molecule has 1 aliphatic heterocycles. The van der Waals surface area contributed by atoms with E-state index in [-0.39, 0.29) is 22.3 Å². The molecule has 6 nitrogen and oxygen atoms in total. The summed E-state index contributed by atoms with van der Waals surface area (Å²) in [5, 5.41) is 2.36. The van der Waals surface area contributed by atoms with E-state index in [2.05, 4.69) is 10.3 Å². The van der Waals surface area contributed by atoms with Crippen LogP contribution in [0.5, 0.6) is 0 Å². The van der Waals surface area contributed by atoms with Gasteiger partial charge in [-0.05, 0) is 13.0 Å². The first-order valence-corrected chi connectivity index (χ1v) is 6.11. The molecule has 0 aromatic carbocycles. The second-order valence-electron chi connectivity index (χ2n) is 4.01. The molecular weight excluding hydrogens is 293 g/mol. The number of imide groups is 1. The zero-order valence-electron chi connectivity index (χ0n) is 9.81. The topological polar surface area (TPSA) is 79.4 Å². The number of amides is 3. The van der Waals surface area contributed by atoms with E-state index in [1.807, 2.05) is 0 Å². The fraction of sp³-hybridized carbons (Fsp3) is 0.273. The number of nitrogens with zero attached hydrogens (tertiary/aromatic N) is 2. The number of rotatable bonds is 1. The summed E-state index contributed by atoms with van der Waals surface area (Å²) < 4.78 is 0. The molecule has 0 radical (unpaired) electrons.